The third-order valence-electron chi connectivity index (χ3n) is 5.28. The van der Waals surface area contributed by atoms with E-state index in [4.69, 9.17) is 18.9 Å². The van der Waals surface area contributed by atoms with Crippen LogP contribution in [0.4, 0.5) is 0 Å². The maximum Gasteiger partial charge on any atom is 0.219 e. The van der Waals surface area contributed by atoms with E-state index in [2.05, 4.69) is 35.7 Å². The molecule has 0 radical (unpaired) electrons. The molecule has 0 fully saturated rings. The molecule has 144 valence electrons. The van der Waals surface area contributed by atoms with Crippen LogP contribution < -0.4 is 23.3 Å². The molecule has 0 aliphatic carbocycles. The lowest BCUT2D eigenvalue weighted by Gasteiger charge is -2.12. The highest BCUT2D eigenvalue weighted by Gasteiger charge is 2.20. The number of fused-ring (bicyclic) bond motifs is 4. The van der Waals surface area contributed by atoms with E-state index < -0.39 is 0 Å². The molecular formula is C23H24NO4+. The average Bonchev–Trinajstić information content (AvgIpc) is 2.75. The number of hydrogen-bond donors (Lipinski definition) is 0. The SMILES string of the molecule is CCc1c2cc(OC)c(OC)cc2cc2c3cc(OC)c(OC)cc3cc[n+]12. The molecule has 0 saturated heterocycles. The summed E-state index contributed by atoms with van der Waals surface area (Å²) >= 11 is 0. The molecule has 28 heavy (non-hydrogen) atoms. The second-order valence-corrected chi connectivity index (χ2v) is 6.60. The Bertz CT molecular complexity index is 1200. The number of ether oxygens (including phenoxy) is 4. The first-order valence-electron chi connectivity index (χ1n) is 9.22. The molecule has 5 heteroatoms. The number of hydrogen-bond acceptors (Lipinski definition) is 4. The molecule has 0 aliphatic heterocycles. The van der Waals surface area contributed by atoms with Gasteiger partial charge in [0.2, 0.25) is 5.52 Å². The fourth-order valence-electron chi connectivity index (χ4n) is 3.90. The second kappa shape index (κ2) is 7.08. The monoisotopic (exact) mass is 378 g/mol. The first-order chi connectivity index (χ1) is 13.6. The number of benzene rings is 2. The quantitative estimate of drug-likeness (QED) is 0.294. The van der Waals surface area contributed by atoms with E-state index in [-0.39, 0.29) is 0 Å². The average molecular weight is 378 g/mol. The third kappa shape index (κ3) is 2.66. The molecule has 0 unspecified atom stereocenters. The third-order valence-corrected chi connectivity index (χ3v) is 5.28. The van der Waals surface area contributed by atoms with Gasteiger partial charge in [0, 0.05) is 18.6 Å². The Morgan fingerprint density at radius 2 is 1.21 bits per heavy atom. The standard InChI is InChI=1S/C23H24NO4/c1-6-18-17-13-23(28-5)21(26-3)11-15(17)9-19-16-12-22(27-4)20(25-2)10-14(16)7-8-24(18)19/h7-13H,6H2,1-5H3/q+1. The van der Waals surface area contributed by atoms with E-state index in [1.54, 1.807) is 28.4 Å². The van der Waals surface area contributed by atoms with Crippen molar-refractivity contribution in [2.75, 3.05) is 28.4 Å². The van der Waals surface area contributed by atoms with Gasteiger partial charge in [-0.2, -0.15) is 4.40 Å². The van der Waals surface area contributed by atoms with E-state index in [0.29, 0.717) is 5.75 Å². The van der Waals surface area contributed by atoms with Gasteiger partial charge >= 0.3 is 0 Å². The van der Waals surface area contributed by atoms with Crippen LogP contribution in [0.15, 0.2) is 42.6 Å². The topological polar surface area (TPSA) is 41.0 Å². The number of nitrogens with zero attached hydrogens (tertiary/aromatic N) is 1. The highest BCUT2D eigenvalue weighted by atomic mass is 16.5. The second-order valence-electron chi connectivity index (χ2n) is 6.60. The van der Waals surface area contributed by atoms with Crippen LogP contribution in [-0.4, -0.2) is 28.4 Å². The molecular weight excluding hydrogens is 354 g/mol. The van der Waals surface area contributed by atoms with Gasteiger partial charge in [0.1, 0.15) is 0 Å². The summed E-state index contributed by atoms with van der Waals surface area (Å²) in [6.07, 6.45) is 2.99. The summed E-state index contributed by atoms with van der Waals surface area (Å²) < 4.78 is 24.3. The highest BCUT2D eigenvalue weighted by Crippen LogP contribution is 2.36. The van der Waals surface area contributed by atoms with Crippen molar-refractivity contribution in [1.82, 2.24) is 0 Å². The molecule has 2 aromatic carbocycles. The molecule has 0 N–H and O–H groups in total. The van der Waals surface area contributed by atoms with Crippen LogP contribution in [0.3, 0.4) is 0 Å². The lowest BCUT2D eigenvalue weighted by molar-refractivity contribution is -0.518. The molecule has 0 saturated carbocycles. The van der Waals surface area contributed by atoms with E-state index in [1.165, 1.54) is 5.69 Å². The van der Waals surface area contributed by atoms with Crippen LogP contribution in [0.2, 0.25) is 0 Å². The summed E-state index contributed by atoms with van der Waals surface area (Å²) in [5.74, 6) is 2.90. The Morgan fingerprint density at radius 1 is 0.679 bits per heavy atom. The Kier molecular flexibility index (Phi) is 4.59. The van der Waals surface area contributed by atoms with Crippen molar-refractivity contribution in [3.05, 3.63) is 48.3 Å². The zero-order valence-electron chi connectivity index (χ0n) is 16.8. The van der Waals surface area contributed by atoms with Gasteiger partial charge in [0.05, 0.1) is 39.2 Å². The van der Waals surface area contributed by atoms with Crippen molar-refractivity contribution in [3.63, 3.8) is 0 Å². The van der Waals surface area contributed by atoms with Crippen LogP contribution in [0.25, 0.3) is 27.1 Å². The molecule has 2 heterocycles. The summed E-state index contributed by atoms with van der Waals surface area (Å²) in [5, 5.41) is 4.46. The van der Waals surface area contributed by atoms with Gasteiger partial charge in [-0.25, -0.2) is 0 Å². The molecule has 4 aromatic rings. The Morgan fingerprint density at radius 3 is 1.79 bits per heavy atom. The first-order valence-corrected chi connectivity index (χ1v) is 9.22. The lowest BCUT2D eigenvalue weighted by atomic mass is 10.0. The van der Waals surface area contributed by atoms with E-state index in [1.807, 2.05) is 18.2 Å². The highest BCUT2D eigenvalue weighted by molar-refractivity contribution is 6.00. The molecule has 5 nitrogen and oxygen atoms in total. The molecule has 2 aromatic heterocycles. The molecule has 0 bridgehead atoms. The number of aryl methyl sites for hydroxylation is 1. The van der Waals surface area contributed by atoms with Crippen molar-refractivity contribution in [2.45, 2.75) is 13.3 Å². The zero-order valence-corrected chi connectivity index (χ0v) is 16.8. The lowest BCUT2D eigenvalue weighted by Crippen LogP contribution is -2.27. The predicted octanol–water partition coefficient (Wildman–Crippen LogP) is 4.33. The number of pyridine rings is 2. The van der Waals surface area contributed by atoms with Gasteiger partial charge in [0.15, 0.2) is 34.9 Å². The normalized spacial score (nSPS) is 11.2. The first kappa shape index (κ1) is 18.2. The Balaban J connectivity index is 2.16. The van der Waals surface area contributed by atoms with E-state index in [0.717, 1.165) is 50.7 Å². The van der Waals surface area contributed by atoms with Gasteiger partial charge in [-0.1, -0.05) is 6.92 Å². The fraction of sp³-hybridized carbons (Fsp3) is 0.261. The minimum atomic E-state index is 0.716. The minimum Gasteiger partial charge on any atom is -0.493 e. The number of rotatable bonds is 5. The molecule has 4 rings (SSSR count). The summed E-state index contributed by atoms with van der Waals surface area (Å²) in [7, 11) is 6.64. The maximum atomic E-state index is 5.53. The summed E-state index contributed by atoms with van der Waals surface area (Å²) in [6, 6.07) is 12.4. The van der Waals surface area contributed by atoms with Gasteiger partial charge in [0.25, 0.3) is 0 Å². The Labute approximate surface area is 164 Å². The van der Waals surface area contributed by atoms with E-state index >= 15 is 0 Å². The molecule has 0 atom stereocenters. The van der Waals surface area contributed by atoms with Gasteiger partial charge in [-0.15, -0.1) is 0 Å². The minimum absolute atomic E-state index is 0.716. The number of methoxy groups -OCH3 is 4. The smallest absolute Gasteiger partial charge is 0.219 e. The molecule has 0 aliphatic rings. The van der Waals surface area contributed by atoms with Crippen molar-refractivity contribution >= 4 is 27.1 Å². The van der Waals surface area contributed by atoms with Crippen molar-refractivity contribution in [3.8, 4) is 23.0 Å². The van der Waals surface area contributed by atoms with Crippen LogP contribution in [-0.2, 0) is 6.42 Å². The summed E-state index contributed by atoms with van der Waals surface area (Å²) in [6.45, 7) is 2.16. The van der Waals surface area contributed by atoms with Crippen molar-refractivity contribution in [1.29, 1.82) is 0 Å². The summed E-state index contributed by atoms with van der Waals surface area (Å²) in [5.41, 5.74) is 2.32. The fourth-order valence-corrected chi connectivity index (χ4v) is 3.90. The van der Waals surface area contributed by atoms with Crippen molar-refractivity contribution < 1.29 is 23.3 Å². The number of aromatic nitrogens is 1. The van der Waals surface area contributed by atoms with Gasteiger partial charge in [-0.3, -0.25) is 0 Å². The molecule has 0 amide bonds. The van der Waals surface area contributed by atoms with Crippen LogP contribution in [0.1, 0.15) is 12.6 Å². The van der Waals surface area contributed by atoms with E-state index in [9.17, 15) is 0 Å². The predicted molar refractivity (Wildman–Crippen MR) is 110 cm³/mol. The maximum absolute atomic E-state index is 5.53. The summed E-state index contributed by atoms with van der Waals surface area (Å²) in [4.78, 5) is 0. The Hall–Kier alpha value is -3.21. The largest absolute Gasteiger partial charge is 0.493 e. The zero-order chi connectivity index (χ0) is 19.8. The van der Waals surface area contributed by atoms with Crippen LogP contribution in [0.5, 0.6) is 23.0 Å². The van der Waals surface area contributed by atoms with Crippen LogP contribution >= 0.6 is 0 Å². The van der Waals surface area contributed by atoms with Crippen molar-refractivity contribution in [2.24, 2.45) is 0 Å². The molecule has 0 spiro atoms. The van der Waals surface area contributed by atoms with Gasteiger partial charge < -0.3 is 18.9 Å². The van der Waals surface area contributed by atoms with Crippen LogP contribution in [0, 0.1) is 0 Å². The van der Waals surface area contributed by atoms with Gasteiger partial charge in [-0.05, 0) is 35.0 Å².